The molecular formula is C27H28N2O5. The quantitative estimate of drug-likeness (QED) is 0.410. The van der Waals surface area contributed by atoms with Crippen LogP contribution in [0.2, 0.25) is 0 Å². The molecule has 1 fully saturated rings. The number of carboxylic acid groups (broad SMARTS) is 1. The third-order valence-electron chi connectivity index (χ3n) is 6.35. The maximum Gasteiger partial charge on any atom is 0.337 e. The predicted molar refractivity (Wildman–Crippen MR) is 132 cm³/mol. The van der Waals surface area contributed by atoms with E-state index >= 15 is 0 Å². The molecule has 0 radical (unpaired) electrons. The van der Waals surface area contributed by atoms with E-state index in [-0.39, 0.29) is 29.2 Å². The number of aromatic hydroxyl groups is 1. The number of anilines is 2. The first kappa shape index (κ1) is 23.3. The van der Waals surface area contributed by atoms with E-state index in [2.05, 4.69) is 10.2 Å². The summed E-state index contributed by atoms with van der Waals surface area (Å²) in [6.45, 7) is 1.80. The monoisotopic (exact) mass is 460 g/mol. The summed E-state index contributed by atoms with van der Waals surface area (Å²) in [5, 5.41) is 31.8. The normalized spacial score (nSPS) is 14.1. The van der Waals surface area contributed by atoms with E-state index in [1.807, 2.05) is 30.3 Å². The van der Waals surface area contributed by atoms with Gasteiger partial charge in [-0.05, 0) is 66.6 Å². The summed E-state index contributed by atoms with van der Waals surface area (Å²) in [6, 6.07) is 19.2. The Morgan fingerprint density at radius 2 is 1.65 bits per heavy atom. The number of nitrogens with one attached hydrogen (secondary N) is 1. The number of hydrogen-bond acceptors (Lipinski definition) is 5. The first-order valence-electron chi connectivity index (χ1n) is 11.4. The zero-order chi connectivity index (χ0) is 24.1. The van der Waals surface area contributed by atoms with Crippen LogP contribution in [0.5, 0.6) is 5.75 Å². The van der Waals surface area contributed by atoms with E-state index < -0.39 is 11.9 Å². The number of phenolic OH excluding ortho intramolecular Hbond substituents is 1. The van der Waals surface area contributed by atoms with Crippen molar-refractivity contribution in [3.05, 3.63) is 77.9 Å². The number of aromatic carboxylic acids is 1. The van der Waals surface area contributed by atoms with Crippen LogP contribution in [-0.4, -0.2) is 46.9 Å². The molecule has 1 heterocycles. The van der Waals surface area contributed by atoms with Crippen LogP contribution in [0, 0.1) is 5.92 Å². The average Bonchev–Trinajstić information content (AvgIpc) is 2.85. The zero-order valence-electron chi connectivity index (χ0n) is 18.8. The minimum absolute atomic E-state index is 0.0327. The van der Waals surface area contributed by atoms with Gasteiger partial charge in [0, 0.05) is 25.4 Å². The van der Waals surface area contributed by atoms with E-state index in [4.69, 9.17) is 5.11 Å². The van der Waals surface area contributed by atoms with Crippen LogP contribution in [0.4, 0.5) is 11.4 Å². The Balaban J connectivity index is 1.58. The third kappa shape index (κ3) is 5.21. The number of hydrogen-bond donors (Lipinski definition) is 4. The first-order valence-corrected chi connectivity index (χ1v) is 11.4. The highest BCUT2D eigenvalue weighted by Crippen LogP contribution is 2.31. The average molecular weight is 461 g/mol. The van der Waals surface area contributed by atoms with Gasteiger partial charge < -0.3 is 25.5 Å². The standard InChI is InChI=1S/C27H28N2O5/c30-15-12-18-10-13-29(14-11-18)21-7-9-25(31)23(17-21)26(32)28-24-16-20(6-8-22(24)27(33)34)19-4-2-1-3-5-19/h1-9,16-18,30-31H,10-15H2,(H,28,32)(H,33,34). The van der Waals surface area contributed by atoms with Gasteiger partial charge in [0.25, 0.3) is 5.91 Å². The largest absolute Gasteiger partial charge is 0.507 e. The highest BCUT2D eigenvalue weighted by Gasteiger charge is 2.22. The van der Waals surface area contributed by atoms with Crippen molar-refractivity contribution in [1.29, 1.82) is 0 Å². The van der Waals surface area contributed by atoms with Gasteiger partial charge in [-0.1, -0.05) is 36.4 Å². The van der Waals surface area contributed by atoms with Crippen molar-refractivity contribution >= 4 is 23.3 Å². The van der Waals surface area contributed by atoms with Crippen LogP contribution in [-0.2, 0) is 0 Å². The minimum atomic E-state index is -1.15. The Kier molecular flexibility index (Phi) is 7.13. The van der Waals surface area contributed by atoms with Crippen molar-refractivity contribution in [2.45, 2.75) is 19.3 Å². The van der Waals surface area contributed by atoms with Crippen molar-refractivity contribution < 1.29 is 24.9 Å². The molecule has 1 aliphatic rings. The third-order valence-corrected chi connectivity index (χ3v) is 6.35. The van der Waals surface area contributed by atoms with Crippen molar-refractivity contribution in [2.75, 3.05) is 29.9 Å². The summed E-state index contributed by atoms with van der Waals surface area (Å²) in [4.78, 5) is 27.0. The lowest BCUT2D eigenvalue weighted by molar-refractivity contribution is 0.0698. The number of rotatable bonds is 7. The molecule has 0 spiro atoms. The van der Waals surface area contributed by atoms with Crippen LogP contribution in [0.25, 0.3) is 11.1 Å². The molecule has 1 amide bonds. The lowest BCUT2D eigenvalue weighted by Crippen LogP contribution is -2.34. The van der Waals surface area contributed by atoms with Gasteiger partial charge in [-0.3, -0.25) is 4.79 Å². The number of aliphatic hydroxyl groups is 1. The second-order valence-electron chi connectivity index (χ2n) is 8.53. The van der Waals surface area contributed by atoms with Gasteiger partial charge in [0.1, 0.15) is 5.75 Å². The van der Waals surface area contributed by atoms with Crippen molar-refractivity contribution in [1.82, 2.24) is 0 Å². The second kappa shape index (κ2) is 10.4. The van der Waals surface area contributed by atoms with Crippen LogP contribution >= 0.6 is 0 Å². The van der Waals surface area contributed by atoms with E-state index in [0.29, 0.717) is 5.92 Å². The zero-order valence-corrected chi connectivity index (χ0v) is 18.8. The van der Waals surface area contributed by atoms with Gasteiger partial charge in [-0.2, -0.15) is 0 Å². The van der Waals surface area contributed by atoms with E-state index in [9.17, 15) is 19.8 Å². The van der Waals surface area contributed by atoms with Crippen LogP contribution in [0.1, 0.15) is 40.0 Å². The number of nitrogens with zero attached hydrogens (tertiary/aromatic N) is 1. The summed E-state index contributed by atoms with van der Waals surface area (Å²) < 4.78 is 0. The fourth-order valence-electron chi connectivity index (χ4n) is 4.40. The molecule has 7 heteroatoms. The fraction of sp³-hybridized carbons (Fsp3) is 0.259. The van der Waals surface area contributed by atoms with Crippen molar-refractivity contribution in [3.63, 3.8) is 0 Å². The molecular weight excluding hydrogens is 432 g/mol. The van der Waals surface area contributed by atoms with Crippen LogP contribution in [0.15, 0.2) is 66.7 Å². The van der Waals surface area contributed by atoms with Gasteiger partial charge in [0.15, 0.2) is 0 Å². The number of carbonyl (C=O) groups is 2. The molecule has 1 aliphatic heterocycles. The second-order valence-corrected chi connectivity index (χ2v) is 8.53. The summed E-state index contributed by atoms with van der Waals surface area (Å²) in [6.07, 6.45) is 2.71. The van der Waals surface area contributed by atoms with E-state index in [0.717, 1.165) is 49.2 Å². The maximum absolute atomic E-state index is 13.1. The van der Waals surface area contributed by atoms with Gasteiger partial charge in [0.05, 0.1) is 16.8 Å². The number of aliphatic hydroxyl groups excluding tert-OH is 1. The molecule has 4 N–H and O–H groups in total. The Bertz CT molecular complexity index is 1170. The highest BCUT2D eigenvalue weighted by atomic mass is 16.4. The number of benzene rings is 3. The van der Waals surface area contributed by atoms with Crippen molar-refractivity contribution in [2.24, 2.45) is 5.92 Å². The summed E-state index contributed by atoms with van der Waals surface area (Å²) in [5.74, 6) is -1.42. The lowest BCUT2D eigenvalue weighted by Gasteiger charge is -2.33. The smallest absolute Gasteiger partial charge is 0.337 e. The Morgan fingerprint density at radius 3 is 2.32 bits per heavy atom. The number of piperidine rings is 1. The van der Waals surface area contributed by atoms with Gasteiger partial charge in [0.2, 0.25) is 0 Å². The molecule has 34 heavy (non-hydrogen) atoms. The van der Waals surface area contributed by atoms with Gasteiger partial charge >= 0.3 is 5.97 Å². The van der Waals surface area contributed by atoms with Crippen molar-refractivity contribution in [3.8, 4) is 16.9 Å². The molecule has 0 aliphatic carbocycles. The van der Waals surface area contributed by atoms with Crippen LogP contribution < -0.4 is 10.2 Å². The molecule has 0 aromatic heterocycles. The Morgan fingerprint density at radius 1 is 0.912 bits per heavy atom. The first-order chi connectivity index (χ1) is 16.5. The SMILES string of the molecule is O=C(Nc1cc(-c2ccccc2)ccc1C(=O)O)c1cc(N2CCC(CCO)CC2)ccc1O. The number of carboxylic acids is 1. The molecule has 0 unspecified atom stereocenters. The molecule has 1 saturated heterocycles. The fourth-order valence-corrected chi connectivity index (χ4v) is 4.40. The molecule has 176 valence electrons. The van der Waals surface area contributed by atoms with Gasteiger partial charge in [-0.25, -0.2) is 4.79 Å². The topological polar surface area (TPSA) is 110 Å². The molecule has 0 saturated carbocycles. The van der Waals surface area contributed by atoms with Crippen LogP contribution in [0.3, 0.4) is 0 Å². The van der Waals surface area contributed by atoms with E-state index in [1.54, 1.807) is 24.3 Å². The molecule has 4 rings (SSSR count). The summed E-state index contributed by atoms with van der Waals surface area (Å²) in [5.41, 5.74) is 2.69. The minimum Gasteiger partial charge on any atom is -0.507 e. The number of phenols is 1. The Labute approximate surface area is 198 Å². The molecule has 3 aromatic rings. The highest BCUT2D eigenvalue weighted by molar-refractivity contribution is 6.10. The summed E-state index contributed by atoms with van der Waals surface area (Å²) in [7, 11) is 0. The lowest BCUT2D eigenvalue weighted by atomic mass is 9.93. The molecule has 3 aromatic carbocycles. The predicted octanol–water partition coefficient (Wildman–Crippen LogP) is 4.61. The van der Waals surface area contributed by atoms with Gasteiger partial charge in [-0.15, -0.1) is 0 Å². The maximum atomic E-state index is 13.1. The summed E-state index contributed by atoms with van der Waals surface area (Å²) >= 11 is 0. The number of carbonyl (C=O) groups excluding carboxylic acids is 1. The molecule has 7 nitrogen and oxygen atoms in total. The molecule has 0 atom stereocenters. The Hall–Kier alpha value is -3.84. The van der Waals surface area contributed by atoms with E-state index in [1.165, 1.54) is 12.1 Å². The molecule has 0 bridgehead atoms. The number of amides is 1.